The minimum atomic E-state index is -0.606. The van der Waals surface area contributed by atoms with Crippen molar-refractivity contribution in [3.8, 4) is 0 Å². The molecule has 0 bridgehead atoms. The Morgan fingerprint density at radius 2 is 1.71 bits per heavy atom. The van der Waals surface area contributed by atoms with E-state index >= 15 is 0 Å². The summed E-state index contributed by atoms with van der Waals surface area (Å²) < 4.78 is 40.9. The Hall–Kier alpha value is -1.52. The van der Waals surface area contributed by atoms with Gasteiger partial charge in [-0.2, -0.15) is 0 Å². The Kier molecular flexibility index (Phi) is 4.91. The zero-order valence-electron chi connectivity index (χ0n) is 11.7. The molecule has 0 saturated carbocycles. The van der Waals surface area contributed by atoms with E-state index in [9.17, 15) is 13.2 Å². The molecule has 0 aliphatic carbocycles. The van der Waals surface area contributed by atoms with Crippen LogP contribution in [0.1, 0.15) is 22.7 Å². The van der Waals surface area contributed by atoms with Gasteiger partial charge in [0.1, 0.15) is 17.5 Å². The van der Waals surface area contributed by atoms with Crippen molar-refractivity contribution in [2.24, 2.45) is 0 Å². The van der Waals surface area contributed by atoms with Crippen LogP contribution in [-0.4, -0.2) is 7.05 Å². The zero-order chi connectivity index (χ0) is 15.6. The molecule has 0 saturated heterocycles. The van der Waals surface area contributed by atoms with Gasteiger partial charge in [-0.1, -0.05) is 23.7 Å². The molecule has 5 heteroatoms. The lowest BCUT2D eigenvalue weighted by atomic mass is 9.96. The van der Waals surface area contributed by atoms with Crippen molar-refractivity contribution in [1.29, 1.82) is 0 Å². The molecule has 1 nitrogen and oxygen atoms in total. The third-order valence-corrected chi connectivity index (χ3v) is 3.80. The summed E-state index contributed by atoms with van der Waals surface area (Å²) in [7, 11) is 1.67. The summed E-state index contributed by atoms with van der Waals surface area (Å²) >= 11 is 6.05. The van der Waals surface area contributed by atoms with Crippen molar-refractivity contribution in [3.63, 3.8) is 0 Å². The lowest BCUT2D eigenvalue weighted by Gasteiger charge is -2.19. The van der Waals surface area contributed by atoms with Crippen LogP contribution in [0.15, 0.2) is 30.3 Å². The number of nitrogens with one attached hydrogen (secondary N) is 1. The van der Waals surface area contributed by atoms with Crippen molar-refractivity contribution in [1.82, 2.24) is 5.32 Å². The van der Waals surface area contributed by atoms with E-state index in [1.807, 2.05) is 0 Å². The van der Waals surface area contributed by atoms with E-state index in [-0.39, 0.29) is 17.0 Å². The molecule has 2 aromatic carbocycles. The van der Waals surface area contributed by atoms with E-state index in [1.165, 1.54) is 24.3 Å². The highest BCUT2D eigenvalue weighted by Gasteiger charge is 2.19. The average Bonchev–Trinajstić information content (AvgIpc) is 2.43. The van der Waals surface area contributed by atoms with Gasteiger partial charge in [0, 0.05) is 16.6 Å². The molecule has 112 valence electrons. The van der Waals surface area contributed by atoms with Crippen LogP contribution in [0.3, 0.4) is 0 Å². The highest BCUT2D eigenvalue weighted by atomic mass is 35.5. The van der Waals surface area contributed by atoms with E-state index in [2.05, 4.69) is 5.32 Å². The largest absolute Gasteiger partial charge is 0.313 e. The summed E-state index contributed by atoms with van der Waals surface area (Å²) in [6.45, 7) is 1.62. The van der Waals surface area contributed by atoms with Crippen molar-refractivity contribution in [2.75, 3.05) is 7.05 Å². The normalized spacial score (nSPS) is 12.5. The third kappa shape index (κ3) is 3.39. The molecule has 21 heavy (non-hydrogen) atoms. The molecular formula is C16H15ClF3N. The summed E-state index contributed by atoms with van der Waals surface area (Å²) in [5.41, 5.74) is 1.03. The van der Waals surface area contributed by atoms with Crippen LogP contribution >= 0.6 is 11.6 Å². The Labute approximate surface area is 126 Å². The fraction of sp³-hybridized carbons (Fsp3) is 0.250. The van der Waals surface area contributed by atoms with E-state index in [4.69, 9.17) is 11.6 Å². The van der Waals surface area contributed by atoms with Crippen molar-refractivity contribution in [3.05, 3.63) is 69.5 Å². The maximum atomic E-state index is 13.7. The van der Waals surface area contributed by atoms with Gasteiger partial charge in [0.25, 0.3) is 0 Å². The van der Waals surface area contributed by atoms with E-state index < -0.39 is 23.5 Å². The Morgan fingerprint density at radius 1 is 1.10 bits per heavy atom. The molecule has 0 amide bonds. The highest BCUT2D eigenvalue weighted by molar-refractivity contribution is 6.31. The first kappa shape index (κ1) is 15.9. The number of rotatable bonds is 4. The molecule has 1 unspecified atom stereocenters. The van der Waals surface area contributed by atoms with E-state index in [0.717, 1.165) is 0 Å². The molecule has 0 aliphatic heterocycles. The van der Waals surface area contributed by atoms with Gasteiger partial charge in [-0.05, 0) is 49.7 Å². The monoisotopic (exact) mass is 313 g/mol. The molecule has 0 spiro atoms. The number of hydrogen-bond acceptors (Lipinski definition) is 1. The minimum Gasteiger partial charge on any atom is -0.313 e. The standard InChI is InChI=1S/C16H15ClF3N/c1-9-6-10(12(17)8-15(9)20)16(21-2)7-11-13(18)4-3-5-14(11)19/h3-6,8,16,21H,7H2,1-2H3. The molecule has 2 rings (SSSR count). The summed E-state index contributed by atoms with van der Waals surface area (Å²) in [5, 5.41) is 3.20. The topological polar surface area (TPSA) is 12.0 Å². The predicted octanol–water partition coefficient (Wildman–Crippen LogP) is 4.57. The maximum Gasteiger partial charge on any atom is 0.129 e. The molecule has 0 aromatic heterocycles. The number of hydrogen-bond donors (Lipinski definition) is 1. The van der Waals surface area contributed by atoms with Crippen molar-refractivity contribution >= 4 is 11.6 Å². The van der Waals surface area contributed by atoms with Crippen LogP contribution in [0.2, 0.25) is 5.02 Å². The van der Waals surface area contributed by atoms with E-state index in [1.54, 1.807) is 20.0 Å². The second-order valence-corrected chi connectivity index (χ2v) is 5.28. The SMILES string of the molecule is CNC(Cc1c(F)cccc1F)c1cc(C)c(F)cc1Cl. The Balaban J connectivity index is 2.39. The first-order valence-corrected chi connectivity index (χ1v) is 6.87. The second-order valence-electron chi connectivity index (χ2n) is 4.87. The van der Waals surface area contributed by atoms with Crippen LogP contribution in [0.5, 0.6) is 0 Å². The van der Waals surface area contributed by atoms with Gasteiger partial charge < -0.3 is 5.32 Å². The second kappa shape index (κ2) is 6.50. The van der Waals surface area contributed by atoms with Crippen molar-refractivity contribution in [2.45, 2.75) is 19.4 Å². The van der Waals surface area contributed by atoms with E-state index in [0.29, 0.717) is 11.1 Å². The predicted molar refractivity (Wildman–Crippen MR) is 78.0 cm³/mol. The third-order valence-electron chi connectivity index (χ3n) is 3.47. The van der Waals surface area contributed by atoms with Gasteiger partial charge in [0.05, 0.1) is 0 Å². The fourth-order valence-corrected chi connectivity index (χ4v) is 2.53. The molecule has 2 aromatic rings. The number of aryl methyl sites for hydroxylation is 1. The molecule has 1 atom stereocenters. The van der Waals surface area contributed by atoms with Gasteiger partial charge >= 0.3 is 0 Å². The van der Waals surface area contributed by atoms with Gasteiger partial charge in [0.2, 0.25) is 0 Å². The molecule has 0 fully saturated rings. The molecule has 1 N–H and O–H groups in total. The fourth-order valence-electron chi connectivity index (χ4n) is 2.25. The summed E-state index contributed by atoms with van der Waals surface area (Å²) in [6, 6.07) is 6.14. The first-order chi connectivity index (χ1) is 9.93. The maximum absolute atomic E-state index is 13.7. The summed E-state index contributed by atoms with van der Waals surface area (Å²) in [6.07, 6.45) is 0.0831. The smallest absolute Gasteiger partial charge is 0.129 e. The van der Waals surface area contributed by atoms with Crippen LogP contribution in [0, 0.1) is 24.4 Å². The number of benzene rings is 2. The van der Waals surface area contributed by atoms with Crippen molar-refractivity contribution < 1.29 is 13.2 Å². The van der Waals surface area contributed by atoms with Crippen LogP contribution in [0.4, 0.5) is 13.2 Å². The summed E-state index contributed by atoms with van der Waals surface area (Å²) in [5.74, 6) is -1.62. The molecular weight excluding hydrogens is 299 g/mol. The Bertz CT molecular complexity index is 638. The van der Waals surface area contributed by atoms with Gasteiger partial charge in [0.15, 0.2) is 0 Å². The first-order valence-electron chi connectivity index (χ1n) is 6.49. The molecule has 0 radical (unpaired) electrons. The lowest BCUT2D eigenvalue weighted by molar-refractivity contribution is 0.514. The summed E-state index contributed by atoms with van der Waals surface area (Å²) in [4.78, 5) is 0. The zero-order valence-corrected chi connectivity index (χ0v) is 12.4. The molecule has 0 heterocycles. The average molecular weight is 314 g/mol. The number of halogens is 4. The lowest BCUT2D eigenvalue weighted by Crippen LogP contribution is -2.20. The van der Waals surface area contributed by atoms with Crippen LogP contribution in [-0.2, 0) is 6.42 Å². The van der Waals surface area contributed by atoms with Gasteiger partial charge in [-0.15, -0.1) is 0 Å². The number of likely N-dealkylation sites (N-methyl/N-ethyl adjacent to an activating group) is 1. The minimum absolute atomic E-state index is 0.0186. The van der Waals surface area contributed by atoms with Crippen LogP contribution < -0.4 is 5.32 Å². The van der Waals surface area contributed by atoms with Crippen LogP contribution in [0.25, 0.3) is 0 Å². The molecule has 0 aliphatic rings. The highest BCUT2D eigenvalue weighted by Crippen LogP contribution is 2.29. The van der Waals surface area contributed by atoms with Gasteiger partial charge in [-0.25, -0.2) is 13.2 Å². The quantitative estimate of drug-likeness (QED) is 0.872. The van der Waals surface area contributed by atoms with Gasteiger partial charge in [-0.3, -0.25) is 0 Å². The Morgan fingerprint density at radius 3 is 2.29 bits per heavy atom.